The van der Waals surface area contributed by atoms with Crippen LogP contribution in [-0.4, -0.2) is 132 Å². The van der Waals surface area contributed by atoms with E-state index < -0.39 is 125 Å². The smallest absolute Gasteiger partial charge is 0.345 e. The third-order valence-electron chi connectivity index (χ3n) is 11.7. The number of hydrogen-bond acceptors (Lipinski definition) is 19. The fraction of sp³-hybridized carbons (Fsp3) is 0.714. The number of rotatable bonds is 20. The van der Waals surface area contributed by atoms with Crippen molar-refractivity contribution in [2.24, 2.45) is 22.7 Å². The molecule has 9 atom stereocenters. The summed E-state index contributed by atoms with van der Waals surface area (Å²) in [7, 11) is 0. The third kappa shape index (κ3) is 9.01. The number of carboxylic acids is 1. The number of ketones is 2. The maximum Gasteiger partial charge on any atom is 0.345 e. The van der Waals surface area contributed by atoms with Crippen LogP contribution in [0, 0.1) is 22.7 Å². The van der Waals surface area contributed by atoms with Gasteiger partial charge >= 0.3 is 23.9 Å². The molecule has 0 amide bonds. The lowest BCUT2D eigenvalue weighted by Gasteiger charge is -2.62. The molecule has 0 heterocycles. The van der Waals surface area contributed by atoms with E-state index in [9.17, 15) is 44.1 Å². The van der Waals surface area contributed by atoms with Gasteiger partial charge in [-0.3, -0.25) is 54.5 Å². The van der Waals surface area contributed by atoms with Crippen LogP contribution in [0.4, 0.5) is 4.39 Å². The van der Waals surface area contributed by atoms with E-state index >= 15 is 4.39 Å². The molecular weight excluding hydrogens is 755 g/mol. The van der Waals surface area contributed by atoms with Gasteiger partial charge in [0.05, 0.1) is 36.5 Å². The Morgan fingerprint density at radius 3 is 2.18 bits per heavy atom. The number of aliphatic hydroxyl groups is 2. The van der Waals surface area contributed by atoms with Crippen molar-refractivity contribution < 1.29 is 93.2 Å². The average Bonchev–Trinajstić information content (AvgIpc) is 3.33. The van der Waals surface area contributed by atoms with Crippen LogP contribution < -0.4 is 0 Å². The lowest BCUT2D eigenvalue weighted by atomic mass is 9.44. The fourth-order valence-corrected chi connectivity index (χ4v) is 9.10. The number of aliphatic carboxylic acids is 1. The summed E-state index contributed by atoms with van der Waals surface area (Å²) in [5.74, 6) is -8.50. The second-order valence-corrected chi connectivity index (χ2v) is 14.9. The number of carbonyl (C=O) groups excluding carboxylic acids is 5. The number of alkyl halides is 1. The van der Waals surface area contributed by atoms with Crippen LogP contribution in [0.2, 0.25) is 0 Å². The summed E-state index contributed by atoms with van der Waals surface area (Å²) in [6.45, 7) is 1.36. The van der Waals surface area contributed by atoms with Gasteiger partial charge in [0, 0.05) is 29.6 Å². The molecule has 0 aromatic heterocycles. The lowest BCUT2D eigenvalue weighted by molar-refractivity contribution is -0.492. The van der Waals surface area contributed by atoms with Crippen LogP contribution >= 0.6 is 0 Å². The maximum absolute atomic E-state index is 17.7. The minimum absolute atomic E-state index is 0.0822. The maximum atomic E-state index is 17.7. The van der Waals surface area contributed by atoms with Crippen molar-refractivity contribution in [3.05, 3.63) is 23.8 Å². The van der Waals surface area contributed by atoms with Crippen LogP contribution in [0.5, 0.6) is 0 Å². The van der Waals surface area contributed by atoms with Crippen molar-refractivity contribution in [2.45, 2.75) is 114 Å². The quantitative estimate of drug-likeness (QED) is 0.0397. The number of fused-ring (bicyclic) bond motifs is 5. The number of carbonyl (C=O) groups is 6. The van der Waals surface area contributed by atoms with Crippen LogP contribution in [-0.2, 0) is 52.7 Å². The molecule has 7 N–H and O–H groups in total. The van der Waals surface area contributed by atoms with Gasteiger partial charge in [0.1, 0.15) is 6.10 Å². The second-order valence-electron chi connectivity index (χ2n) is 14.9. The number of allylic oxidation sites excluding steroid dienone is 4. The first-order valence-corrected chi connectivity index (χ1v) is 18.2. The lowest BCUT2D eigenvalue weighted by Crippen LogP contribution is -2.70. The van der Waals surface area contributed by atoms with E-state index in [0.717, 1.165) is 0 Å². The van der Waals surface area contributed by atoms with E-state index in [1.165, 1.54) is 25.2 Å². The summed E-state index contributed by atoms with van der Waals surface area (Å²) in [6.07, 6.45) is -3.23. The predicted molar refractivity (Wildman–Crippen MR) is 177 cm³/mol. The van der Waals surface area contributed by atoms with E-state index in [-0.39, 0.29) is 50.9 Å². The Kier molecular flexibility index (Phi) is 14.6. The molecule has 4 rings (SSSR count). The summed E-state index contributed by atoms with van der Waals surface area (Å²) in [5, 5.41) is 66.6. The normalized spacial score (nSPS) is 32.6. The van der Waals surface area contributed by atoms with E-state index in [1.54, 1.807) is 6.92 Å². The molecule has 4 aliphatic rings. The summed E-state index contributed by atoms with van der Waals surface area (Å²) >= 11 is 0. The monoisotopic (exact) mass is 804 g/mol. The highest BCUT2D eigenvalue weighted by Crippen LogP contribution is 2.70. The first kappa shape index (κ1) is 44.9. The van der Waals surface area contributed by atoms with Gasteiger partial charge in [-0.1, -0.05) is 25.0 Å². The minimum Gasteiger partial charge on any atom is -0.478 e. The van der Waals surface area contributed by atoms with Crippen LogP contribution in [0.3, 0.4) is 0 Å². The number of aliphatic hydroxyl groups excluding tert-OH is 2. The van der Waals surface area contributed by atoms with Gasteiger partial charge in [-0.05, 0) is 69.9 Å². The summed E-state index contributed by atoms with van der Waals surface area (Å²) < 4.78 is 33.5. The first-order chi connectivity index (χ1) is 26.2. The zero-order chi connectivity index (χ0) is 41.6. The molecular formula is C35H49FN2O18. The Morgan fingerprint density at radius 2 is 1.54 bits per heavy atom. The van der Waals surface area contributed by atoms with Gasteiger partial charge in [-0.2, -0.15) is 0 Å². The first-order valence-electron chi connectivity index (χ1n) is 18.2. The summed E-state index contributed by atoms with van der Waals surface area (Å²) in [6, 6.07) is 0. The number of carboxylic acid groups (broad SMARTS) is 1. The average molecular weight is 805 g/mol. The number of ether oxygens (including phenoxy) is 3. The molecule has 0 saturated heterocycles. The van der Waals surface area contributed by atoms with Gasteiger partial charge < -0.3 is 29.5 Å². The van der Waals surface area contributed by atoms with Crippen LogP contribution in [0.25, 0.3) is 0 Å². The van der Waals surface area contributed by atoms with Crippen molar-refractivity contribution in [3.63, 3.8) is 0 Å². The number of halogens is 1. The van der Waals surface area contributed by atoms with Gasteiger partial charge in [0.25, 0.3) is 0 Å². The number of esters is 3. The zero-order valence-electron chi connectivity index (χ0n) is 30.9. The highest BCUT2D eigenvalue weighted by molar-refractivity contribution is 6.01. The summed E-state index contributed by atoms with van der Waals surface area (Å²) in [4.78, 5) is 85.6. The second kappa shape index (κ2) is 18.2. The largest absolute Gasteiger partial charge is 0.478 e. The fourth-order valence-electron chi connectivity index (χ4n) is 9.10. The van der Waals surface area contributed by atoms with E-state index in [4.69, 9.17) is 35.0 Å². The third-order valence-corrected chi connectivity index (χ3v) is 11.7. The molecule has 3 fully saturated rings. The SMILES string of the molecule is C[C@]12C=CC(=O)C=C1CCC1C3C[C@@H](O)[C@](OC(=O)CCCON(O)O)(C(=O)COC(=O)CC(OC(=O)CCCCCON(O)O)C(=O)O)[C@@]3(C)C[C@H](O)[C@@]12F. The van der Waals surface area contributed by atoms with Crippen LogP contribution in [0.15, 0.2) is 23.8 Å². The van der Waals surface area contributed by atoms with Gasteiger partial charge in [0.2, 0.25) is 17.5 Å². The molecule has 4 aliphatic carbocycles. The topological polar surface area (TPSA) is 297 Å². The van der Waals surface area contributed by atoms with E-state index in [2.05, 4.69) is 9.68 Å². The molecule has 0 aromatic rings. The number of nitrogens with zero attached hydrogens (tertiary/aromatic N) is 2. The molecule has 3 unspecified atom stereocenters. The van der Waals surface area contributed by atoms with Crippen molar-refractivity contribution in [2.75, 3.05) is 19.8 Å². The molecule has 0 aliphatic heterocycles. The van der Waals surface area contributed by atoms with Crippen molar-refractivity contribution in [1.29, 1.82) is 0 Å². The van der Waals surface area contributed by atoms with Gasteiger partial charge in [-0.15, -0.1) is 0 Å². The highest BCUT2D eigenvalue weighted by Gasteiger charge is 2.78. The van der Waals surface area contributed by atoms with E-state index in [1.807, 2.05) is 0 Å². The molecule has 314 valence electrons. The van der Waals surface area contributed by atoms with E-state index in [0.29, 0.717) is 18.4 Å². The number of Topliss-reactive ketones (excluding diaryl/α,β-unsaturated/α-hetero) is 1. The Hall–Kier alpha value is -3.77. The summed E-state index contributed by atoms with van der Waals surface area (Å²) in [5.41, 5.74) is -7.55. The molecule has 3 saturated carbocycles. The van der Waals surface area contributed by atoms with Crippen molar-refractivity contribution in [3.8, 4) is 0 Å². The Labute approximate surface area is 319 Å². The van der Waals surface area contributed by atoms with Crippen molar-refractivity contribution >= 4 is 35.4 Å². The number of unbranched alkanes of at least 4 members (excludes halogenated alkanes) is 2. The Balaban J connectivity index is 1.53. The molecule has 0 aromatic carbocycles. The molecule has 56 heavy (non-hydrogen) atoms. The standard InChI is InChI=1S/C35H49FN2O18/c1-32-12-11-21(39)15-20(32)9-10-22-23-16-25(40)35(33(23,2)18-26(41)34(22,32)36,56-29(44)8-6-14-54-38(50)51)27(42)19-52-30(45)17-24(31(46)47)55-28(43)7-4-3-5-13-53-37(48)49/h11-12,15,22-26,40-41,48-51H,3-10,13-14,16-19H2,1-2H3,(H,46,47)/t22?,23?,24?,25-,26+,32+,33+,34+,35+/m1/s1. The molecule has 0 radical (unpaired) electrons. The Bertz CT molecular complexity index is 1570. The molecule has 0 spiro atoms. The van der Waals surface area contributed by atoms with Gasteiger partial charge in [0.15, 0.2) is 18.1 Å². The van der Waals surface area contributed by atoms with Crippen molar-refractivity contribution in [1.82, 2.24) is 10.8 Å². The van der Waals surface area contributed by atoms with Crippen LogP contribution in [0.1, 0.15) is 84.5 Å². The molecule has 21 heteroatoms. The molecule has 0 bridgehead atoms. The Morgan fingerprint density at radius 1 is 0.893 bits per heavy atom. The minimum atomic E-state index is -2.54. The predicted octanol–water partition coefficient (Wildman–Crippen LogP) is 1.47. The molecule has 20 nitrogen and oxygen atoms in total. The van der Waals surface area contributed by atoms with Gasteiger partial charge in [-0.25, -0.2) is 9.18 Å². The zero-order valence-corrected chi connectivity index (χ0v) is 30.9. The highest BCUT2D eigenvalue weighted by atomic mass is 19.1. The number of hydrogen-bond donors (Lipinski definition) is 7.